The molecule has 166 valence electrons. The Hall–Kier alpha value is -1.10. The summed E-state index contributed by atoms with van der Waals surface area (Å²) in [6.07, 6.45) is 5.98. The molecule has 2 unspecified atom stereocenters. The maximum atomic E-state index is 12.6. The number of hydrogen-bond donors (Lipinski definition) is 1. The Balaban J connectivity index is 0.00000160. The van der Waals surface area contributed by atoms with Gasteiger partial charge in [0.2, 0.25) is 0 Å². The summed E-state index contributed by atoms with van der Waals surface area (Å²) in [6, 6.07) is 21.2. The Morgan fingerprint density at radius 2 is 1.33 bits per heavy atom. The molecule has 0 spiro atoms. The second-order valence-corrected chi connectivity index (χ2v) is 8.68. The topological polar surface area (TPSA) is 26.7 Å². The van der Waals surface area contributed by atoms with Gasteiger partial charge in [0.1, 0.15) is 5.60 Å². The average Bonchev–Trinajstić information content (AvgIpc) is 2.77. The van der Waals surface area contributed by atoms with Gasteiger partial charge in [-0.25, -0.2) is 0 Å². The third-order valence-electron chi connectivity index (χ3n) is 6.90. The van der Waals surface area contributed by atoms with Crippen LogP contribution < -0.4 is 0 Å². The highest BCUT2D eigenvalue weighted by Gasteiger charge is 2.48. The lowest BCUT2D eigenvalue weighted by atomic mass is 9.67. The van der Waals surface area contributed by atoms with E-state index in [1.807, 2.05) is 0 Å². The van der Waals surface area contributed by atoms with Crippen molar-refractivity contribution in [2.24, 2.45) is 5.92 Å². The molecular weight excluding hydrogens is 415 g/mol. The summed E-state index contributed by atoms with van der Waals surface area (Å²) in [5, 5.41) is 12.6. The molecule has 3 nitrogen and oxygen atoms in total. The normalized spacial score (nSPS) is 21.7. The smallest absolute Gasteiger partial charge is 0.112 e. The quantitative estimate of drug-likeness (QED) is 0.670. The molecule has 1 heterocycles. The lowest BCUT2D eigenvalue weighted by Gasteiger charge is -2.50. The van der Waals surface area contributed by atoms with E-state index in [1.165, 1.54) is 24.8 Å². The van der Waals surface area contributed by atoms with E-state index in [-0.39, 0.29) is 30.9 Å². The highest BCUT2D eigenvalue weighted by molar-refractivity contribution is 5.85. The first-order valence-corrected chi connectivity index (χ1v) is 10.9. The van der Waals surface area contributed by atoms with Gasteiger partial charge in [-0.3, -0.25) is 4.90 Å². The van der Waals surface area contributed by atoms with Crippen LogP contribution in [0.1, 0.15) is 49.3 Å². The van der Waals surface area contributed by atoms with E-state index in [2.05, 4.69) is 77.5 Å². The summed E-state index contributed by atoms with van der Waals surface area (Å²) in [6.45, 7) is 4.10. The molecule has 5 heteroatoms. The Morgan fingerprint density at radius 1 is 0.800 bits per heavy atom. The van der Waals surface area contributed by atoms with Crippen molar-refractivity contribution < 1.29 is 5.11 Å². The molecular formula is C25H36Cl2N2O. The second kappa shape index (κ2) is 11.5. The molecule has 2 aromatic carbocycles. The minimum atomic E-state index is -0.862. The van der Waals surface area contributed by atoms with E-state index in [0.717, 1.165) is 44.6 Å². The van der Waals surface area contributed by atoms with Gasteiger partial charge in [0.25, 0.3) is 0 Å². The van der Waals surface area contributed by atoms with Crippen LogP contribution in [-0.2, 0) is 5.60 Å². The van der Waals surface area contributed by atoms with Gasteiger partial charge in [0.15, 0.2) is 0 Å². The zero-order chi connectivity index (χ0) is 19.4. The summed E-state index contributed by atoms with van der Waals surface area (Å²) in [5.74, 6) is 0.300. The highest BCUT2D eigenvalue weighted by atomic mass is 35.5. The van der Waals surface area contributed by atoms with Crippen molar-refractivity contribution in [1.82, 2.24) is 9.80 Å². The van der Waals surface area contributed by atoms with Gasteiger partial charge in [-0.05, 0) is 36.9 Å². The van der Waals surface area contributed by atoms with Gasteiger partial charge in [-0.1, -0.05) is 79.9 Å². The van der Waals surface area contributed by atoms with Crippen LogP contribution in [0, 0.1) is 5.92 Å². The maximum Gasteiger partial charge on any atom is 0.112 e. The standard InChI is InChI=1S/C25H34N2O.2ClH/c1-26-17-19-27(20-18-26)24(21-11-5-2-6-12-21)25(28,22-13-7-3-8-14-22)23-15-9-4-10-16-23;;/h2-3,5-8,11-14,23-24,28H,4,9-10,15-20H2,1H3;2*1H. The van der Waals surface area contributed by atoms with Crippen LogP contribution in [0.3, 0.4) is 0 Å². The van der Waals surface area contributed by atoms with Crippen molar-refractivity contribution in [2.45, 2.75) is 43.7 Å². The summed E-state index contributed by atoms with van der Waals surface area (Å²) in [7, 11) is 2.19. The Bertz CT molecular complexity index is 731. The predicted octanol–water partition coefficient (Wildman–Crippen LogP) is 5.29. The van der Waals surface area contributed by atoms with Crippen LogP contribution in [0.2, 0.25) is 0 Å². The minimum absolute atomic E-state index is 0. The fourth-order valence-corrected chi connectivity index (χ4v) is 5.32. The van der Waals surface area contributed by atoms with Crippen LogP contribution in [0.5, 0.6) is 0 Å². The molecule has 30 heavy (non-hydrogen) atoms. The third-order valence-corrected chi connectivity index (χ3v) is 6.90. The molecule has 1 aliphatic heterocycles. The Morgan fingerprint density at radius 3 is 1.90 bits per heavy atom. The van der Waals surface area contributed by atoms with Gasteiger partial charge in [-0.2, -0.15) is 0 Å². The number of likely N-dealkylation sites (N-methyl/N-ethyl adjacent to an activating group) is 1. The van der Waals surface area contributed by atoms with Gasteiger partial charge in [0, 0.05) is 26.2 Å². The largest absolute Gasteiger partial charge is 0.383 e. The summed E-state index contributed by atoms with van der Waals surface area (Å²) >= 11 is 0. The summed E-state index contributed by atoms with van der Waals surface area (Å²) in [4.78, 5) is 4.93. The number of rotatable bonds is 5. The van der Waals surface area contributed by atoms with E-state index in [4.69, 9.17) is 0 Å². The molecule has 4 rings (SSSR count). The number of hydrogen-bond acceptors (Lipinski definition) is 3. The van der Waals surface area contributed by atoms with Gasteiger partial charge in [0.05, 0.1) is 6.04 Å². The lowest BCUT2D eigenvalue weighted by molar-refractivity contribution is -0.115. The van der Waals surface area contributed by atoms with Crippen molar-refractivity contribution >= 4 is 24.8 Å². The highest BCUT2D eigenvalue weighted by Crippen LogP contribution is 2.49. The van der Waals surface area contributed by atoms with E-state index >= 15 is 0 Å². The molecule has 1 saturated heterocycles. The SMILES string of the molecule is CN1CCN(C(c2ccccc2)C(O)(c2ccccc2)C2CCCCC2)CC1.Cl.Cl. The molecule has 1 saturated carbocycles. The number of halogens is 2. The van der Waals surface area contributed by atoms with Crippen molar-refractivity contribution in [3.8, 4) is 0 Å². The number of nitrogens with zero attached hydrogens (tertiary/aromatic N) is 2. The summed E-state index contributed by atoms with van der Waals surface area (Å²) in [5.41, 5.74) is 1.46. The number of piperazine rings is 1. The van der Waals surface area contributed by atoms with Crippen LogP contribution in [0.15, 0.2) is 60.7 Å². The maximum absolute atomic E-state index is 12.6. The number of aliphatic hydroxyl groups is 1. The van der Waals surface area contributed by atoms with Gasteiger partial charge >= 0.3 is 0 Å². The molecule has 0 amide bonds. The first-order valence-electron chi connectivity index (χ1n) is 10.9. The molecule has 2 aliphatic rings. The molecule has 2 fully saturated rings. The molecule has 2 aromatic rings. The number of benzene rings is 2. The second-order valence-electron chi connectivity index (χ2n) is 8.68. The zero-order valence-corrected chi connectivity index (χ0v) is 19.6. The van der Waals surface area contributed by atoms with Crippen LogP contribution in [-0.4, -0.2) is 48.1 Å². The molecule has 0 bridgehead atoms. The summed E-state index contributed by atoms with van der Waals surface area (Å²) < 4.78 is 0. The van der Waals surface area contributed by atoms with Crippen LogP contribution in [0.25, 0.3) is 0 Å². The average molecular weight is 451 g/mol. The molecule has 1 N–H and O–H groups in total. The molecule has 2 atom stereocenters. The van der Waals surface area contributed by atoms with Crippen molar-refractivity contribution in [3.63, 3.8) is 0 Å². The van der Waals surface area contributed by atoms with E-state index in [1.54, 1.807) is 0 Å². The fourth-order valence-electron chi connectivity index (χ4n) is 5.32. The van der Waals surface area contributed by atoms with Crippen molar-refractivity contribution in [3.05, 3.63) is 71.8 Å². The zero-order valence-electron chi connectivity index (χ0n) is 18.0. The predicted molar refractivity (Wildman–Crippen MR) is 130 cm³/mol. The van der Waals surface area contributed by atoms with E-state index in [9.17, 15) is 5.11 Å². The molecule has 0 radical (unpaired) electrons. The Kier molecular flexibility index (Phi) is 9.65. The first kappa shape index (κ1) is 25.2. The van der Waals surface area contributed by atoms with E-state index in [0.29, 0.717) is 5.92 Å². The van der Waals surface area contributed by atoms with Gasteiger partial charge in [-0.15, -0.1) is 24.8 Å². The first-order chi connectivity index (χ1) is 13.7. The van der Waals surface area contributed by atoms with Crippen molar-refractivity contribution in [2.75, 3.05) is 33.2 Å². The van der Waals surface area contributed by atoms with Crippen LogP contribution >= 0.6 is 24.8 Å². The van der Waals surface area contributed by atoms with Gasteiger partial charge < -0.3 is 10.0 Å². The van der Waals surface area contributed by atoms with Crippen molar-refractivity contribution in [1.29, 1.82) is 0 Å². The third kappa shape index (κ3) is 5.20. The fraction of sp³-hybridized carbons (Fsp3) is 0.520. The molecule has 1 aliphatic carbocycles. The monoisotopic (exact) mass is 450 g/mol. The van der Waals surface area contributed by atoms with Crippen LogP contribution in [0.4, 0.5) is 0 Å². The minimum Gasteiger partial charge on any atom is -0.383 e. The lowest BCUT2D eigenvalue weighted by Crippen LogP contribution is -2.54. The van der Waals surface area contributed by atoms with E-state index < -0.39 is 5.60 Å². The Labute approximate surface area is 194 Å². The molecule has 0 aromatic heterocycles.